The summed E-state index contributed by atoms with van der Waals surface area (Å²) in [7, 11) is 1.51. The van der Waals surface area contributed by atoms with Gasteiger partial charge >= 0.3 is 5.97 Å². The van der Waals surface area contributed by atoms with Crippen LogP contribution in [0.2, 0.25) is 5.02 Å². The van der Waals surface area contributed by atoms with Gasteiger partial charge in [-0.1, -0.05) is 17.7 Å². The molecule has 0 aliphatic carbocycles. The Balaban J connectivity index is 1.75. The number of nitrogens with one attached hydrogen (secondary N) is 1. The number of rotatable bonds is 5. The second-order valence-electron chi connectivity index (χ2n) is 6.44. The van der Waals surface area contributed by atoms with Crippen molar-refractivity contribution in [2.24, 2.45) is 0 Å². The van der Waals surface area contributed by atoms with Gasteiger partial charge in [-0.3, -0.25) is 4.79 Å². The van der Waals surface area contributed by atoms with E-state index in [-0.39, 0.29) is 5.76 Å². The Morgan fingerprint density at radius 1 is 1.14 bits per heavy atom. The zero-order valence-electron chi connectivity index (χ0n) is 16.0. The van der Waals surface area contributed by atoms with Crippen LogP contribution in [0.25, 0.3) is 11.0 Å². The van der Waals surface area contributed by atoms with E-state index >= 15 is 0 Å². The maximum absolute atomic E-state index is 12.5. The Morgan fingerprint density at radius 3 is 2.61 bits per heavy atom. The third kappa shape index (κ3) is 3.97. The molecule has 0 fully saturated rings. The van der Waals surface area contributed by atoms with Crippen LogP contribution in [-0.4, -0.2) is 25.1 Å². The first-order valence-corrected chi connectivity index (χ1v) is 9.03. The fourth-order valence-electron chi connectivity index (χ4n) is 2.81. The molecule has 2 aromatic carbocycles. The smallest absolute Gasteiger partial charge is 0.375 e. The van der Waals surface area contributed by atoms with E-state index in [4.69, 9.17) is 25.5 Å². The minimum Gasteiger partial charge on any atom is -0.495 e. The van der Waals surface area contributed by atoms with Gasteiger partial charge < -0.3 is 19.2 Å². The highest BCUT2D eigenvalue weighted by Crippen LogP contribution is 2.29. The molecule has 28 heavy (non-hydrogen) atoms. The molecule has 1 aromatic heterocycles. The Kier molecular flexibility index (Phi) is 5.61. The van der Waals surface area contributed by atoms with Crippen molar-refractivity contribution in [2.45, 2.75) is 26.9 Å². The number of furan rings is 1. The number of aryl methyl sites for hydroxylation is 2. The summed E-state index contributed by atoms with van der Waals surface area (Å²) in [4.78, 5) is 25.0. The zero-order valence-corrected chi connectivity index (χ0v) is 16.7. The summed E-state index contributed by atoms with van der Waals surface area (Å²) in [6.45, 7) is 5.13. The largest absolute Gasteiger partial charge is 0.495 e. The van der Waals surface area contributed by atoms with E-state index in [1.165, 1.54) is 14.0 Å². The van der Waals surface area contributed by atoms with Crippen LogP contribution >= 0.6 is 11.6 Å². The van der Waals surface area contributed by atoms with Crippen LogP contribution in [0.1, 0.15) is 28.6 Å². The van der Waals surface area contributed by atoms with E-state index in [2.05, 4.69) is 5.32 Å². The Labute approximate surface area is 167 Å². The summed E-state index contributed by atoms with van der Waals surface area (Å²) in [5.41, 5.74) is 2.59. The van der Waals surface area contributed by atoms with Crippen molar-refractivity contribution < 1.29 is 23.5 Å². The lowest BCUT2D eigenvalue weighted by atomic mass is 10.1. The third-order valence-electron chi connectivity index (χ3n) is 4.35. The van der Waals surface area contributed by atoms with Gasteiger partial charge in [-0.15, -0.1) is 0 Å². The lowest BCUT2D eigenvalue weighted by Crippen LogP contribution is -2.30. The van der Waals surface area contributed by atoms with E-state index in [0.717, 1.165) is 10.9 Å². The monoisotopic (exact) mass is 401 g/mol. The number of halogens is 1. The van der Waals surface area contributed by atoms with Gasteiger partial charge in [-0.2, -0.15) is 0 Å². The summed E-state index contributed by atoms with van der Waals surface area (Å²) in [5, 5.41) is 3.98. The molecule has 0 aliphatic heterocycles. The molecular formula is C21H20ClNO5. The topological polar surface area (TPSA) is 77.8 Å². The molecule has 6 nitrogen and oxygen atoms in total. The first kappa shape index (κ1) is 19.8. The number of hydrogen-bond acceptors (Lipinski definition) is 5. The van der Waals surface area contributed by atoms with Crippen molar-refractivity contribution in [3.05, 3.63) is 58.3 Å². The second-order valence-corrected chi connectivity index (χ2v) is 6.87. The fraction of sp³-hybridized carbons (Fsp3) is 0.238. The molecule has 0 radical (unpaired) electrons. The van der Waals surface area contributed by atoms with Gasteiger partial charge in [0.1, 0.15) is 11.3 Å². The molecular weight excluding hydrogens is 382 g/mol. The average molecular weight is 402 g/mol. The van der Waals surface area contributed by atoms with Gasteiger partial charge in [0.25, 0.3) is 5.91 Å². The molecule has 3 aromatic rings. The molecule has 0 saturated carbocycles. The molecule has 3 rings (SSSR count). The average Bonchev–Trinajstić information content (AvgIpc) is 2.98. The van der Waals surface area contributed by atoms with Crippen molar-refractivity contribution in [1.29, 1.82) is 0 Å². The van der Waals surface area contributed by atoms with Gasteiger partial charge in [0.05, 0.1) is 12.8 Å². The molecule has 0 unspecified atom stereocenters. The van der Waals surface area contributed by atoms with E-state index in [1.54, 1.807) is 37.3 Å². The van der Waals surface area contributed by atoms with Crippen LogP contribution < -0.4 is 10.1 Å². The minimum absolute atomic E-state index is 0.0463. The summed E-state index contributed by atoms with van der Waals surface area (Å²) < 4.78 is 16.1. The van der Waals surface area contributed by atoms with Gasteiger partial charge in [0, 0.05) is 16.0 Å². The summed E-state index contributed by atoms with van der Waals surface area (Å²) in [6.07, 6.45) is -1.03. The van der Waals surface area contributed by atoms with Crippen LogP contribution in [0.15, 0.2) is 40.8 Å². The van der Waals surface area contributed by atoms with E-state index in [0.29, 0.717) is 27.6 Å². The molecule has 0 aliphatic rings. The molecule has 1 amide bonds. The van der Waals surface area contributed by atoms with Crippen LogP contribution in [0.5, 0.6) is 5.75 Å². The predicted molar refractivity (Wildman–Crippen MR) is 107 cm³/mol. The number of ether oxygens (including phenoxy) is 2. The van der Waals surface area contributed by atoms with Crippen LogP contribution in [-0.2, 0) is 9.53 Å². The molecule has 0 bridgehead atoms. The maximum atomic E-state index is 12.5. The Morgan fingerprint density at radius 2 is 1.89 bits per heavy atom. The van der Waals surface area contributed by atoms with E-state index in [1.807, 2.05) is 13.0 Å². The number of amides is 1. The van der Waals surface area contributed by atoms with Crippen molar-refractivity contribution in [1.82, 2.24) is 0 Å². The van der Waals surface area contributed by atoms with Crippen molar-refractivity contribution >= 4 is 40.1 Å². The fourth-order valence-corrected chi connectivity index (χ4v) is 2.98. The molecule has 0 saturated heterocycles. The van der Waals surface area contributed by atoms with Gasteiger partial charge in [-0.25, -0.2) is 4.79 Å². The number of carbonyl (C=O) groups excluding carboxylic acids is 2. The number of fused-ring (bicyclic) bond motifs is 1. The first-order valence-electron chi connectivity index (χ1n) is 8.65. The number of methoxy groups -OCH3 is 1. The zero-order chi connectivity index (χ0) is 20.4. The third-order valence-corrected chi connectivity index (χ3v) is 4.58. The van der Waals surface area contributed by atoms with Crippen LogP contribution in [0, 0.1) is 13.8 Å². The molecule has 7 heteroatoms. The minimum atomic E-state index is -1.03. The molecule has 1 N–H and O–H groups in total. The highest BCUT2D eigenvalue weighted by molar-refractivity contribution is 6.31. The number of benzene rings is 2. The number of carbonyl (C=O) groups is 2. The predicted octanol–water partition coefficient (Wildman–Crippen LogP) is 4.90. The SMILES string of the molecule is COc1ccc(C)cc1NC(=O)[C@H](C)OC(=O)c1oc2ccc(Cl)cc2c1C. The van der Waals surface area contributed by atoms with Crippen molar-refractivity contribution in [3.63, 3.8) is 0 Å². The van der Waals surface area contributed by atoms with Crippen LogP contribution in [0.3, 0.4) is 0 Å². The number of anilines is 1. The van der Waals surface area contributed by atoms with Gasteiger partial charge in [0.15, 0.2) is 6.10 Å². The summed E-state index contributed by atoms with van der Waals surface area (Å²) in [5.74, 6) is -0.634. The quantitative estimate of drug-likeness (QED) is 0.615. The van der Waals surface area contributed by atoms with Crippen molar-refractivity contribution in [3.8, 4) is 5.75 Å². The van der Waals surface area contributed by atoms with Crippen molar-refractivity contribution in [2.75, 3.05) is 12.4 Å². The maximum Gasteiger partial charge on any atom is 0.375 e. The van der Waals surface area contributed by atoms with E-state index < -0.39 is 18.0 Å². The van der Waals surface area contributed by atoms with Gasteiger partial charge in [0.2, 0.25) is 5.76 Å². The number of hydrogen-bond donors (Lipinski definition) is 1. The van der Waals surface area contributed by atoms with Crippen LogP contribution in [0.4, 0.5) is 5.69 Å². The summed E-state index contributed by atoms with van der Waals surface area (Å²) >= 11 is 6.00. The summed E-state index contributed by atoms with van der Waals surface area (Å²) in [6, 6.07) is 10.5. The number of esters is 1. The second kappa shape index (κ2) is 7.94. The Bertz CT molecular complexity index is 1060. The highest BCUT2D eigenvalue weighted by Gasteiger charge is 2.25. The Hall–Kier alpha value is -2.99. The lowest BCUT2D eigenvalue weighted by Gasteiger charge is -2.15. The normalized spacial score (nSPS) is 11.9. The molecule has 1 atom stereocenters. The lowest BCUT2D eigenvalue weighted by molar-refractivity contribution is -0.123. The van der Waals surface area contributed by atoms with Gasteiger partial charge in [-0.05, 0) is 56.7 Å². The first-order chi connectivity index (χ1) is 13.3. The standard InChI is InChI=1S/C21H20ClNO5/c1-11-5-7-18(26-4)16(9-11)23-20(24)13(3)27-21(25)19-12(2)15-10-14(22)6-8-17(15)28-19/h5-10,13H,1-4H3,(H,23,24)/t13-/m0/s1. The molecule has 0 spiro atoms. The highest BCUT2D eigenvalue weighted by atomic mass is 35.5. The molecule has 146 valence electrons. The van der Waals surface area contributed by atoms with E-state index in [9.17, 15) is 9.59 Å². The molecule has 1 heterocycles.